The number of hydrogen-bond acceptors (Lipinski definition) is 3. The maximum Gasteiger partial charge on any atom is 0.217 e. The van der Waals surface area contributed by atoms with E-state index < -0.39 is 11.8 Å². The van der Waals surface area contributed by atoms with Crippen molar-refractivity contribution < 1.29 is 15.0 Å². The molecule has 0 saturated carbocycles. The van der Waals surface area contributed by atoms with Crippen LogP contribution in [0.3, 0.4) is 0 Å². The third kappa shape index (κ3) is 8.50. The van der Waals surface area contributed by atoms with Crippen molar-refractivity contribution in [1.29, 1.82) is 0 Å². The van der Waals surface area contributed by atoms with E-state index in [4.69, 9.17) is 0 Å². The Morgan fingerprint density at radius 2 is 1.60 bits per heavy atom. The molecule has 3 N–H and O–H groups in total. The van der Waals surface area contributed by atoms with Crippen LogP contribution in [0.15, 0.2) is 24.3 Å². The summed E-state index contributed by atoms with van der Waals surface area (Å²) in [6, 6.07) is 7.53. The first kappa shape index (κ1) is 21.7. The van der Waals surface area contributed by atoms with Crippen LogP contribution in [0.2, 0.25) is 0 Å². The lowest BCUT2D eigenvalue weighted by Crippen LogP contribution is -2.50. The van der Waals surface area contributed by atoms with Crippen LogP contribution in [-0.4, -0.2) is 27.9 Å². The summed E-state index contributed by atoms with van der Waals surface area (Å²) >= 11 is 0. The number of rotatable bonds is 12. The number of carbonyl (C=O) groups excluding carboxylic acids is 1. The van der Waals surface area contributed by atoms with Crippen molar-refractivity contribution >= 4 is 5.91 Å². The lowest BCUT2D eigenvalue weighted by molar-refractivity contribution is -0.185. The number of unbranched alkanes of at least 4 members (excludes halogenated alkanes) is 5. The lowest BCUT2D eigenvalue weighted by Gasteiger charge is -2.29. The molecule has 0 radical (unpaired) electrons. The van der Waals surface area contributed by atoms with Gasteiger partial charge in [0, 0.05) is 13.3 Å². The third-order valence-electron chi connectivity index (χ3n) is 4.79. The van der Waals surface area contributed by atoms with E-state index in [1.165, 1.54) is 56.6 Å². The number of aliphatic hydroxyl groups is 2. The molecular formula is C21H35NO3. The Labute approximate surface area is 152 Å². The van der Waals surface area contributed by atoms with Gasteiger partial charge in [-0.2, -0.15) is 0 Å². The number of carbonyl (C=O) groups is 1. The maximum atomic E-state index is 11.1. The third-order valence-corrected chi connectivity index (χ3v) is 4.79. The smallest absolute Gasteiger partial charge is 0.217 e. The number of nitrogens with one attached hydrogen (secondary N) is 1. The van der Waals surface area contributed by atoms with Gasteiger partial charge in [0.25, 0.3) is 0 Å². The molecule has 0 aliphatic rings. The molecule has 0 aromatic heterocycles. The van der Waals surface area contributed by atoms with E-state index in [1.807, 2.05) is 12.1 Å². The van der Waals surface area contributed by atoms with Crippen molar-refractivity contribution in [2.24, 2.45) is 0 Å². The van der Waals surface area contributed by atoms with Gasteiger partial charge in [-0.25, -0.2) is 0 Å². The topological polar surface area (TPSA) is 69.6 Å². The monoisotopic (exact) mass is 349 g/mol. The first-order chi connectivity index (χ1) is 11.9. The van der Waals surface area contributed by atoms with Crippen molar-refractivity contribution in [3.05, 3.63) is 35.4 Å². The molecule has 0 bridgehead atoms. The van der Waals surface area contributed by atoms with Gasteiger partial charge >= 0.3 is 0 Å². The van der Waals surface area contributed by atoms with E-state index in [-0.39, 0.29) is 12.3 Å². The largest absolute Gasteiger partial charge is 0.364 e. The average Bonchev–Trinajstić information content (AvgIpc) is 2.56. The van der Waals surface area contributed by atoms with Crippen LogP contribution >= 0.6 is 0 Å². The minimum absolute atomic E-state index is 0.196. The summed E-state index contributed by atoms with van der Waals surface area (Å²) in [6.07, 6.45) is 9.43. The molecule has 4 nitrogen and oxygen atoms in total. The molecule has 0 heterocycles. The molecule has 1 aromatic carbocycles. The Kier molecular flexibility index (Phi) is 9.76. The van der Waals surface area contributed by atoms with E-state index >= 15 is 0 Å². The first-order valence-electron chi connectivity index (χ1n) is 9.65. The standard InChI is InChI=1S/C21H35NO3/c1-4-5-6-7-8-9-12-19-13-10-11-14-20(19)15-16-21(24,25)17(2)22-18(3)23/h10-11,13-14,17,24-25H,4-9,12,15-16H2,1-3H3,(H,22,23). The van der Waals surface area contributed by atoms with Gasteiger partial charge in [0.2, 0.25) is 5.91 Å². The molecule has 1 aromatic rings. The average molecular weight is 350 g/mol. The highest BCUT2D eigenvalue weighted by Crippen LogP contribution is 2.20. The molecule has 1 atom stereocenters. The zero-order valence-corrected chi connectivity index (χ0v) is 16.1. The van der Waals surface area contributed by atoms with Crippen molar-refractivity contribution in [2.45, 2.75) is 90.4 Å². The van der Waals surface area contributed by atoms with Crippen LogP contribution in [0, 0.1) is 0 Å². The zero-order chi connectivity index (χ0) is 18.7. The molecule has 0 aliphatic carbocycles. The summed E-state index contributed by atoms with van der Waals surface area (Å²) in [4.78, 5) is 11.1. The van der Waals surface area contributed by atoms with Crippen LogP contribution in [0.25, 0.3) is 0 Å². The highest BCUT2D eigenvalue weighted by Gasteiger charge is 2.31. The van der Waals surface area contributed by atoms with E-state index in [9.17, 15) is 15.0 Å². The quantitative estimate of drug-likeness (QED) is 0.398. The second kappa shape index (κ2) is 11.3. The molecular weight excluding hydrogens is 314 g/mol. The van der Waals surface area contributed by atoms with E-state index in [1.54, 1.807) is 6.92 Å². The normalized spacial score (nSPS) is 12.8. The Bertz CT molecular complexity index is 514. The fourth-order valence-electron chi connectivity index (χ4n) is 3.10. The van der Waals surface area contributed by atoms with E-state index in [0.29, 0.717) is 6.42 Å². The van der Waals surface area contributed by atoms with E-state index in [2.05, 4.69) is 24.4 Å². The molecule has 1 amide bonds. The van der Waals surface area contributed by atoms with Gasteiger partial charge in [0.15, 0.2) is 5.79 Å². The molecule has 0 saturated heterocycles. The van der Waals surface area contributed by atoms with Gasteiger partial charge in [-0.05, 0) is 37.3 Å². The fourth-order valence-corrected chi connectivity index (χ4v) is 3.10. The minimum atomic E-state index is -1.90. The summed E-state index contributed by atoms with van der Waals surface area (Å²) in [7, 11) is 0. The summed E-state index contributed by atoms with van der Waals surface area (Å²) in [5.74, 6) is -2.16. The van der Waals surface area contributed by atoms with Gasteiger partial charge in [-0.1, -0.05) is 63.3 Å². The van der Waals surface area contributed by atoms with Crippen LogP contribution in [0.1, 0.15) is 76.8 Å². The van der Waals surface area contributed by atoms with Crippen molar-refractivity contribution in [1.82, 2.24) is 5.32 Å². The molecule has 0 aliphatic heterocycles. The second-order valence-electron chi connectivity index (χ2n) is 7.09. The SMILES string of the molecule is CCCCCCCCc1ccccc1CCC(O)(O)C(C)NC(C)=O. The highest BCUT2D eigenvalue weighted by atomic mass is 16.5. The second-order valence-corrected chi connectivity index (χ2v) is 7.09. The molecule has 25 heavy (non-hydrogen) atoms. The summed E-state index contributed by atoms with van der Waals surface area (Å²) in [5, 5.41) is 23.0. The zero-order valence-electron chi connectivity index (χ0n) is 16.1. The van der Waals surface area contributed by atoms with E-state index in [0.717, 1.165) is 6.42 Å². The summed E-state index contributed by atoms with van der Waals surface area (Å²) in [5.41, 5.74) is 2.46. The van der Waals surface area contributed by atoms with Crippen LogP contribution in [0.5, 0.6) is 0 Å². The molecule has 142 valence electrons. The highest BCUT2D eigenvalue weighted by molar-refractivity contribution is 5.73. The molecule has 0 fully saturated rings. The number of hydrogen-bond donors (Lipinski definition) is 3. The predicted octanol–water partition coefficient (Wildman–Crippen LogP) is 3.73. The van der Waals surface area contributed by atoms with Crippen LogP contribution in [-0.2, 0) is 17.6 Å². The predicted molar refractivity (Wildman–Crippen MR) is 102 cm³/mol. The Morgan fingerprint density at radius 3 is 2.20 bits per heavy atom. The Balaban J connectivity index is 2.51. The van der Waals surface area contributed by atoms with Crippen molar-refractivity contribution in [3.63, 3.8) is 0 Å². The lowest BCUT2D eigenvalue weighted by atomic mass is 9.94. The molecule has 4 heteroatoms. The Hall–Kier alpha value is -1.39. The van der Waals surface area contributed by atoms with Gasteiger partial charge in [0.05, 0.1) is 6.04 Å². The molecule has 1 unspecified atom stereocenters. The van der Waals surface area contributed by atoms with Gasteiger partial charge in [-0.15, -0.1) is 0 Å². The molecule has 1 rings (SSSR count). The van der Waals surface area contributed by atoms with Gasteiger partial charge < -0.3 is 15.5 Å². The van der Waals surface area contributed by atoms with Crippen LogP contribution < -0.4 is 5.32 Å². The summed E-state index contributed by atoms with van der Waals surface area (Å²) < 4.78 is 0. The van der Waals surface area contributed by atoms with Gasteiger partial charge in [-0.3, -0.25) is 4.79 Å². The van der Waals surface area contributed by atoms with Gasteiger partial charge in [0.1, 0.15) is 0 Å². The minimum Gasteiger partial charge on any atom is -0.364 e. The number of aryl methyl sites for hydroxylation is 2. The van der Waals surface area contributed by atoms with Crippen LogP contribution in [0.4, 0.5) is 0 Å². The molecule has 0 spiro atoms. The Morgan fingerprint density at radius 1 is 1.04 bits per heavy atom. The first-order valence-corrected chi connectivity index (χ1v) is 9.65. The number of amides is 1. The maximum absolute atomic E-state index is 11.1. The fraction of sp³-hybridized carbons (Fsp3) is 0.667. The summed E-state index contributed by atoms with van der Waals surface area (Å²) in [6.45, 7) is 5.22. The number of benzene rings is 1. The van der Waals surface area contributed by atoms with Crippen molar-refractivity contribution in [3.8, 4) is 0 Å². The van der Waals surface area contributed by atoms with Crippen molar-refractivity contribution in [2.75, 3.05) is 0 Å².